The van der Waals surface area contributed by atoms with E-state index in [0.717, 1.165) is 4.47 Å². The van der Waals surface area contributed by atoms with Gasteiger partial charge in [-0.15, -0.1) is 11.3 Å². The molecule has 0 atom stereocenters. The number of nitrogens with one attached hydrogen (secondary N) is 1. The summed E-state index contributed by atoms with van der Waals surface area (Å²) in [4.78, 5) is 3.63. The molecule has 0 fully saturated rings. The van der Waals surface area contributed by atoms with Crippen LogP contribution in [0.4, 0.5) is 0 Å². The van der Waals surface area contributed by atoms with E-state index in [4.69, 9.17) is 0 Å². The maximum absolute atomic E-state index is 3.63. The number of hydrogen-bond acceptors (Lipinski definition) is 1. The first-order valence-corrected chi connectivity index (χ1v) is 12.7. The lowest BCUT2D eigenvalue weighted by atomic mass is 9.93. The molecule has 0 aliphatic carbocycles. The molecule has 33 heavy (non-hydrogen) atoms. The number of hydrogen-bond donors (Lipinski definition) is 1. The minimum atomic E-state index is 1.10. The average Bonchev–Trinajstić information content (AvgIpc) is 3.37. The van der Waals surface area contributed by atoms with Crippen LogP contribution in [-0.4, -0.2) is 4.98 Å². The molecular formula is C30H16BrNS. The second-order valence-electron chi connectivity index (χ2n) is 8.80. The summed E-state index contributed by atoms with van der Waals surface area (Å²) in [6.45, 7) is 0. The third kappa shape index (κ3) is 2.41. The minimum absolute atomic E-state index is 1.10. The molecule has 3 heteroatoms. The first-order chi connectivity index (χ1) is 16.2. The number of benzene rings is 6. The number of aromatic nitrogens is 1. The van der Waals surface area contributed by atoms with Crippen molar-refractivity contribution in [3.05, 3.63) is 95.5 Å². The molecular weight excluding hydrogens is 486 g/mol. The SMILES string of the molecule is Brc1ccc2c(c1)[nH]c1cc3c(cc12)sc1cc2c4ccccc4c4ccccc4c2cc13. The molecule has 154 valence electrons. The van der Waals surface area contributed by atoms with Crippen molar-refractivity contribution in [2.45, 2.75) is 0 Å². The summed E-state index contributed by atoms with van der Waals surface area (Å²) in [6.07, 6.45) is 0. The van der Waals surface area contributed by atoms with Crippen molar-refractivity contribution in [2.75, 3.05) is 0 Å². The van der Waals surface area contributed by atoms with Crippen molar-refractivity contribution in [3.8, 4) is 0 Å². The van der Waals surface area contributed by atoms with Crippen molar-refractivity contribution in [1.82, 2.24) is 4.98 Å². The zero-order valence-electron chi connectivity index (χ0n) is 17.4. The highest BCUT2D eigenvalue weighted by Crippen LogP contribution is 2.43. The molecule has 0 bridgehead atoms. The van der Waals surface area contributed by atoms with E-state index < -0.39 is 0 Å². The van der Waals surface area contributed by atoms with Crippen LogP contribution >= 0.6 is 27.3 Å². The van der Waals surface area contributed by atoms with Gasteiger partial charge in [0.05, 0.1) is 0 Å². The Kier molecular flexibility index (Phi) is 3.47. The molecule has 2 heterocycles. The van der Waals surface area contributed by atoms with Crippen molar-refractivity contribution in [2.24, 2.45) is 0 Å². The normalized spacial score (nSPS) is 12.4. The van der Waals surface area contributed by atoms with Gasteiger partial charge in [-0.05, 0) is 68.7 Å². The Hall–Kier alpha value is -3.40. The number of fused-ring (bicyclic) bond motifs is 12. The van der Waals surface area contributed by atoms with Crippen LogP contribution in [0.25, 0.3) is 74.3 Å². The van der Waals surface area contributed by atoms with Gasteiger partial charge in [0.25, 0.3) is 0 Å². The molecule has 0 spiro atoms. The Morgan fingerprint density at radius 2 is 1.00 bits per heavy atom. The molecule has 0 aliphatic rings. The van der Waals surface area contributed by atoms with Crippen LogP contribution in [0.3, 0.4) is 0 Å². The molecule has 0 unspecified atom stereocenters. The molecule has 0 saturated carbocycles. The van der Waals surface area contributed by atoms with Crippen molar-refractivity contribution >= 4 is 102 Å². The van der Waals surface area contributed by atoms with Crippen LogP contribution in [0.2, 0.25) is 0 Å². The fraction of sp³-hybridized carbons (Fsp3) is 0. The fourth-order valence-electron chi connectivity index (χ4n) is 5.55. The fourth-order valence-corrected chi connectivity index (χ4v) is 7.05. The largest absolute Gasteiger partial charge is 0.354 e. The molecule has 1 N–H and O–H groups in total. The van der Waals surface area contributed by atoms with E-state index in [0.29, 0.717) is 0 Å². The monoisotopic (exact) mass is 501 g/mol. The minimum Gasteiger partial charge on any atom is -0.354 e. The third-order valence-electron chi connectivity index (χ3n) is 7.02. The highest BCUT2D eigenvalue weighted by molar-refractivity contribution is 9.10. The van der Waals surface area contributed by atoms with E-state index in [1.165, 1.54) is 74.3 Å². The van der Waals surface area contributed by atoms with Crippen LogP contribution in [0, 0.1) is 0 Å². The van der Waals surface area contributed by atoms with E-state index >= 15 is 0 Å². The molecule has 8 aromatic rings. The van der Waals surface area contributed by atoms with Crippen LogP contribution in [-0.2, 0) is 0 Å². The summed E-state index contributed by atoms with van der Waals surface area (Å²) in [5.74, 6) is 0. The summed E-state index contributed by atoms with van der Waals surface area (Å²) in [5.41, 5.74) is 2.36. The van der Waals surface area contributed by atoms with Crippen LogP contribution in [0.1, 0.15) is 0 Å². The van der Waals surface area contributed by atoms with Gasteiger partial charge in [-0.1, -0.05) is 70.5 Å². The molecule has 2 aromatic heterocycles. The predicted octanol–water partition coefficient (Wildman–Crippen LogP) is 9.91. The highest BCUT2D eigenvalue weighted by atomic mass is 79.9. The Morgan fingerprint density at radius 3 is 1.70 bits per heavy atom. The highest BCUT2D eigenvalue weighted by Gasteiger charge is 2.14. The first-order valence-electron chi connectivity index (χ1n) is 11.0. The molecule has 0 saturated heterocycles. The number of halogens is 1. The van der Waals surface area contributed by atoms with Crippen LogP contribution < -0.4 is 0 Å². The van der Waals surface area contributed by atoms with Gasteiger partial charge >= 0.3 is 0 Å². The second-order valence-corrected chi connectivity index (χ2v) is 10.8. The quantitative estimate of drug-likeness (QED) is 0.199. The molecule has 0 radical (unpaired) electrons. The lowest BCUT2D eigenvalue weighted by molar-refractivity contribution is 1.55. The first kappa shape index (κ1) is 18.1. The molecule has 6 aromatic carbocycles. The maximum Gasteiger partial charge on any atom is 0.0476 e. The van der Waals surface area contributed by atoms with Gasteiger partial charge < -0.3 is 4.98 Å². The van der Waals surface area contributed by atoms with Crippen LogP contribution in [0.5, 0.6) is 0 Å². The maximum atomic E-state index is 3.63. The second kappa shape index (κ2) is 6.34. The van der Waals surface area contributed by atoms with Crippen molar-refractivity contribution in [1.29, 1.82) is 0 Å². The van der Waals surface area contributed by atoms with Gasteiger partial charge in [-0.2, -0.15) is 0 Å². The van der Waals surface area contributed by atoms with Gasteiger partial charge in [0.1, 0.15) is 0 Å². The van der Waals surface area contributed by atoms with Crippen molar-refractivity contribution < 1.29 is 0 Å². The number of aromatic amines is 1. The predicted molar refractivity (Wildman–Crippen MR) is 149 cm³/mol. The Morgan fingerprint density at radius 1 is 0.455 bits per heavy atom. The number of thiophene rings is 1. The topological polar surface area (TPSA) is 15.8 Å². The van der Waals surface area contributed by atoms with E-state index in [1.54, 1.807) is 0 Å². The standard InChI is InChI=1S/C30H16BrNS/c31-16-9-10-21-24-15-30-26(13-28(24)32-27(21)11-16)25-12-22-19-7-3-1-5-17(19)18-6-2-4-8-20(18)23(22)14-29(25)33-30/h1-15,32H. The summed E-state index contributed by atoms with van der Waals surface area (Å²) in [5, 5.41) is 13.2. The van der Waals surface area contributed by atoms with Gasteiger partial charge in [0, 0.05) is 46.5 Å². The van der Waals surface area contributed by atoms with E-state index in [-0.39, 0.29) is 0 Å². The lowest BCUT2D eigenvalue weighted by Crippen LogP contribution is -1.82. The average molecular weight is 502 g/mol. The zero-order chi connectivity index (χ0) is 21.7. The molecule has 1 nitrogen and oxygen atoms in total. The zero-order valence-corrected chi connectivity index (χ0v) is 19.8. The number of H-pyrrole nitrogens is 1. The Balaban J connectivity index is 1.56. The molecule has 0 amide bonds. The molecule has 0 aliphatic heterocycles. The Labute approximate surface area is 201 Å². The summed E-state index contributed by atoms with van der Waals surface area (Å²) in [7, 11) is 0. The van der Waals surface area contributed by atoms with Gasteiger partial charge in [-0.3, -0.25) is 0 Å². The van der Waals surface area contributed by atoms with Gasteiger partial charge in [-0.25, -0.2) is 0 Å². The smallest absolute Gasteiger partial charge is 0.0476 e. The van der Waals surface area contributed by atoms with E-state index in [1.807, 2.05) is 11.3 Å². The lowest BCUT2D eigenvalue weighted by Gasteiger charge is -2.10. The number of rotatable bonds is 0. The Bertz CT molecular complexity index is 2090. The van der Waals surface area contributed by atoms with Crippen LogP contribution in [0.15, 0.2) is 95.5 Å². The van der Waals surface area contributed by atoms with Crippen molar-refractivity contribution in [3.63, 3.8) is 0 Å². The third-order valence-corrected chi connectivity index (χ3v) is 8.62. The summed E-state index contributed by atoms with van der Waals surface area (Å²) in [6, 6.07) is 33.6. The van der Waals surface area contributed by atoms with E-state index in [2.05, 4.69) is 112 Å². The summed E-state index contributed by atoms with van der Waals surface area (Å²) >= 11 is 5.50. The molecule has 8 rings (SSSR count). The van der Waals surface area contributed by atoms with Gasteiger partial charge in [0.2, 0.25) is 0 Å². The summed E-state index contributed by atoms with van der Waals surface area (Å²) < 4.78 is 3.78. The van der Waals surface area contributed by atoms with E-state index in [9.17, 15) is 0 Å². The van der Waals surface area contributed by atoms with Gasteiger partial charge in [0.15, 0.2) is 0 Å².